The number of carboxylic acids is 1. The largest absolute Gasteiger partial charge is 0.495 e. The number of halogens is 4. The number of nitrogens with zero attached hydrogens (tertiary/aromatic N) is 4. The van der Waals surface area contributed by atoms with E-state index in [2.05, 4.69) is 21.1 Å². The number of aromatic nitrogens is 2. The van der Waals surface area contributed by atoms with Crippen LogP contribution in [0.3, 0.4) is 0 Å². The van der Waals surface area contributed by atoms with E-state index in [1.807, 2.05) is 30.5 Å². The van der Waals surface area contributed by atoms with Gasteiger partial charge in [0.05, 0.1) is 51.7 Å². The van der Waals surface area contributed by atoms with Crippen molar-refractivity contribution in [3.63, 3.8) is 0 Å². The van der Waals surface area contributed by atoms with Crippen LogP contribution in [-0.4, -0.2) is 76.8 Å². The topological polar surface area (TPSA) is 67.6 Å². The smallest absolute Gasteiger partial charge is 0.321 e. The van der Waals surface area contributed by atoms with Crippen LogP contribution in [0.1, 0.15) is 50.4 Å². The standard InChI is InChI=1S/C36H42Cl2F2N4O3S2/c1-23(34(45)46)42(16-8-9-17-44(4,5)6)49-27-19-30(38)28(31(40)20-27)22-48-35-41-21-33(43(35)26-13-11-25(39)12-14-26)36(2,3)24-10-15-29(37)32(18-24)47-7/h10-15,18-21,23H,8-9,16-17,22H2,1-7H3/p+1. The molecular weight excluding hydrogens is 709 g/mol. The van der Waals surface area contributed by atoms with E-state index in [4.69, 9.17) is 32.9 Å². The minimum absolute atomic E-state index is 0.169. The van der Waals surface area contributed by atoms with Gasteiger partial charge in [0.15, 0.2) is 5.16 Å². The second kappa shape index (κ2) is 16.5. The SMILES string of the molecule is COc1cc(C(C)(C)c2cnc(SCc3c(F)cc(SN(CCCC[N+](C)(C)C)C(C)C(=O)O)cc3Cl)n2-c2ccc(F)cc2)ccc1Cl. The summed E-state index contributed by atoms with van der Waals surface area (Å²) >= 11 is 15.5. The van der Waals surface area contributed by atoms with Crippen molar-refractivity contribution in [1.29, 1.82) is 0 Å². The fraction of sp³-hybridized carbons (Fsp3) is 0.389. The summed E-state index contributed by atoms with van der Waals surface area (Å²) in [6.07, 6.45) is 3.50. The second-order valence-corrected chi connectivity index (χ2v) is 16.2. The lowest BCUT2D eigenvalue weighted by Crippen LogP contribution is -2.37. The molecule has 1 aromatic heterocycles. The van der Waals surface area contributed by atoms with Crippen molar-refractivity contribution in [3.8, 4) is 11.4 Å². The molecule has 49 heavy (non-hydrogen) atoms. The number of methoxy groups -OCH3 is 1. The first kappa shape index (κ1) is 39.0. The number of benzene rings is 3. The van der Waals surface area contributed by atoms with Crippen LogP contribution in [0.2, 0.25) is 10.0 Å². The molecule has 0 bridgehead atoms. The van der Waals surface area contributed by atoms with E-state index >= 15 is 4.39 Å². The molecule has 0 radical (unpaired) electrons. The maximum Gasteiger partial charge on any atom is 0.321 e. The van der Waals surface area contributed by atoms with Gasteiger partial charge in [-0.05, 0) is 85.8 Å². The zero-order valence-electron chi connectivity index (χ0n) is 28.8. The Labute approximate surface area is 306 Å². The first-order chi connectivity index (χ1) is 23.0. The molecule has 1 unspecified atom stereocenters. The molecule has 1 heterocycles. The van der Waals surface area contributed by atoms with Crippen molar-refractivity contribution in [2.75, 3.05) is 41.3 Å². The lowest BCUT2D eigenvalue weighted by Gasteiger charge is -2.28. The molecule has 264 valence electrons. The number of hydrogen-bond acceptors (Lipinski definition) is 6. The minimum atomic E-state index is -0.951. The molecule has 4 rings (SSSR count). The van der Waals surface area contributed by atoms with Crippen LogP contribution in [0.25, 0.3) is 5.69 Å². The number of imidazole rings is 1. The summed E-state index contributed by atoms with van der Waals surface area (Å²) in [6, 6.07) is 14.0. The Morgan fingerprint density at radius 3 is 2.37 bits per heavy atom. The highest BCUT2D eigenvalue weighted by Gasteiger charge is 2.31. The molecular formula is C36H43Cl2F2N4O3S2+. The highest BCUT2D eigenvalue weighted by Crippen LogP contribution is 2.40. The Hall–Kier alpha value is -2.80. The maximum atomic E-state index is 15.7. The molecule has 0 amide bonds. The van der Waals surface area contributed by atoms with Gasteiger partial charge in [-0.2, -0.15) is 0 Å². The highest BCUT2D eigenvalue weighted by atomic mass is 35.5. The Balaban J connectivity index is 1.61. The number of carboxylic acid groups (broad SMARTS) is 1. The molecule has 0 saturated carbocycles. The fourth-order valence-corrected chi connectivity index (χ4v) is 7.96. The molecule has 3 aromatic carbocycles. The van der Waals surface area contributed by atoms with E-state index in [0.717, 1.165) is 35.1 Å². The van der Waals surface area contributed by atoms with E-state index in [9.17, 15) is 14.3 Å². The minimum Gasteiger partial charge on any atom is -0.495 e. The van der Waals surface area contributed by atoms with Crippen LogP contribution in [0.15, 0.2) is 70.8 Å². The van der Waals surface area contributed by atoms with E-state index in [1.54, 1.807) is 48.8 Å². The summed E-state index contributed by atoms with van der Waals surface area (Å²) in [5.74, 6) is -1.10. The molecule has 4 aromatic rings. The van der Waals surface area contributed by atoms with Gasteiger partial charge in [0.2, 0.25) is 0 Å². The van der Waals surface area contributed by atoms with Crippen molar-refractivity contribution in [3.05, 3.63) is 99.3 Å². The van der Waals surface area contributed by atoms with Crippen molar-refractivity contribution in [2.45, 2.75) is 60.9 Å². The Morgan fingerprint density at radius 2 is 1.76 bits per heavy atom. The monoisotopic (exact) mass is 751 g/mol. The van der Waals surface area contributed by atoms with Crippen LogP contribution in [0, 0.1) is 11.6 Å². The predicted molar refractivity (Wildman–Crippen MR) is 196 cm³/mol. The number of thioether (sulfide) groups is 1. The average molecular weight is 753 g/mol. The summed E-state index contributed by atoms with van der Waals surface area (Å²) in [5.41, 5.74) is 2.14. The lowest BCUT2D eigenvalue weighted by atomic mass is 9.81. The fourth-order valence-electron chi connectivity index (χ4n) is 5.25. The third-order valence-corrected chi connectivity index (χ3v) is 11.1. The maximum absolute atomic E-state index is 15.7. The molecule has 0 saturated heterocycles. The van der Waals surface area contributed by atoms with Crippen molar-refractivity contribution in [2.24, 2.45) is 0 Å². The van der Waals surface area contributed by atoms with Gasteiger partial charge >= 0.3 is 5.97 Å². The van der Waals surface area contributed by atoms with Crippen LogP contribution in [0.4, 0.5) is 8.78 Å². The number of ether oxygens (including phenoxy) is 1. The number of quaternary nitrogens is 1. The molecule has 13 heteroatoms. The predicted octanol–water partition coefficient (Wildman–Crippen LogP) is 9.35. The van der Waals surface area contributed by atoms with Crippen LogP contribution in [-0.2, 0) is 16.0 Å². The van der Waals surface area contributed by atoms with E-state index in [1.165, 1.54) is 41.9 Å². The number of aliphatic carboxylic acids is 1. The first-order valence-electron chi connectivity index (χ1n) is 15.8. The van der Waals surface area contributed by atoms with Gasteiger partial charge in [0.25, 0.3) is 0 Å². The Kier molecular flexibility index (Phi) is 13.1. The van der Waals surface area contributed by atoms with Gasteiger partial charge in [-0.1, -0.05) is 54.9 Å². The molecule has 0 aliphatic rings. The van der Waals surface area contributed by atoms with Crippen molar-refractivity contribution in [1.82, 2.24) is 13.9 Å². The molecule has 0 fully saturated rings. The normalized spacial score (nSPS) is 12.8. The van der Waals surface area contributed by atoms with Gasteiger partial charge < -0.3 is 14.3 Å². The molecule has 7 nitrogen and oxygen atoms in total. The van der Waals surface area contributed by atoms with Crippen molar-refractivity contribution >= 4 is 52.9 Å². The first-order valence-corrected chi connectivity index (χ1v) is 18.3. The van der Waals surface area contributed by atoms with Crippen LogP contribution >= 0.6 is 46.9 Å². The van der Waals surface area contributed by atoms with Gasteiger partial charge in [-0.3, -0.25) is 9.36 Å². The summed E-state index contributed by atoms with van der Waals surface area (Å²) in [5, 5.41) is 11.0. The summed E-state index contributed by atoms with van der Waals surface area (Å²) < 4.78 is 39.7. The zero-order valence-corrected chi connectivity index (χ0v) is 31.9. The molecule has 1 N–H and O–H groups in total. The molecule has 0 spiro atoms. The Bertz CT molecular complexity index is 1740. The lowest BCUT2D eigenvalue weighted by molar-refractivity contribution is -0.870. The van der Waals surface area contributed by atoms with Crippen LogP contribution < -0.4 is 4.74 Å². The summed E-state index contributed by atoms with van der Waals surface area (Å²) in [4.78, 5) is 17.1. The van der Waals surface area contributed by atoms with E-state index in [0.29, 0.717) is 38.6 Å². The number of rotatable bonds is 16. The third-order valence-electron chi connectivity index (χ3n) is 8.26. The summed E-state index contributed by atoms with van der Waals surface area (Å²) in [6.45, 7) is 7.21. The highest BCUT2D eigenvalue weighted by molar-refractivity contribution is 7.98. The quantitative estimate of drug-likeness (QED) is 0.0530. The van der Waals surface area contributed by atoms with E-state index < -0.39 is 23.2 Å². The Morgan fingerprint density at radius 1 is 1.06 bits per heavy atom. The number of carbonyl (C=O) groups is 1. The molecule has 0 aliphatic heterocycles. The van der Waals surface area contributed by atoms with E-state index in [-0.39, 0.29) is 16.6 Å². The zero-order chi connectivity index (χ0) is 36.1. The summed E-state index contributed by atoms with van der Waals surface area (Å²) in [7, 11) is 7.91. The van der Waals surface area contributed by atoms with Gasteiger partial charge in [-0.25, -0.2) is 18.1 Å². The van der Waals surface area contributed by atoms with Crippen LogP contribution in [0.5, 0.6) is 5.75 Å². The second-order valence-electron chi connectivity index (χ2n) is 13.3. The molecule has 1 atom stereocenters. The van der Waals surface area contributed by atoms with Gasteiger partial charge in [0, 0.05) is 38.9 Å². The number of unbranched alkanes of at least 4 members (excludes halogenated alkanes) is 1. The average Bonchev–Trinajstić information content (AvgIpc) is 3.46. The van der Waals surface area contributed by atoms with Gasteiger partial charge in [0.1, 0.15) is 23.4 Å². The third kappa shape index (κ3) is 9.92. The number of hydrogen-bond donors (Lipinski definition) is 1. The van der Waals surface area contributed by atoms with Gasteiger partial charge in [-0.15, -0.1) is 0 Å². The molecule has 0 aliphatic carbocycles. The van der Waals surface area contributed by atoms with Crippen molar-refractivity contribution < 1.29 is 27.9 Å².